The van der Waals surface area contributed by atoms with E-state index in [-0.39, 0.29) is 5.69 Å². The molecule has 3 aromatic heterocycles. The van der Waals surface area contributed by atoms with Crippen LogP contribution in [0.25, 0.3) is 27.0 Å². The van der Waals surface area contributed by atoms with Crippen molar-refractivity contribution in [2.75, 3.05) is 0 Å². The van der Waals surface area contributed by atoms with E-state index in [1.807, 2.05) is 18.4 Å². The van der Waals surface area contributed by atoms with Crippen LogP contribution in [0.2, 0.25) is 0 Å². The van der Waals surface area contributed by atoms with Crippen LogP contribution in [0.5, 0.6) is 0 Å². The molecule has 3 heterocycles. The Bertz CT molecular complexity index is 1330. The molecule has 4 rings (SSSR count). The second kappa shape index (κ2) is 6.42. The van der Waals surface area contributed by atoms with Gasteiger partial charge in [-0.05, 0) is 42.0 Å². The summed E-state index contributed by atoms with van der Waals surface area (Å²) in [5.74, 6) is 0. The molecule has 4 aromatic rings. The first kappa shape index (κ1) is 18.6. The van der Waals surface area contributed by atoms with E-state index in [4.69, 9.17) is 0 Å². The number of halogens is 3. The predicted molar refractivity (Wildman–Crippen MR) is 104 cm³/mol. The van der Waals surface area contributed by atoms with Crippen molar-refractivity contribution >= 4 is 33.0 Å². The number of hydrogen-bond donors (Lipinski definition) is 0. The van der Waals surface area contributed by atoms with E-state index in [1.165, 1.54) is 28.9 Å². The van der Waals surface area contributed by atoms with E-state index >= 15 is 0 Å². The first-order valence-electron chi connectivity index (χ1n) is 8.03. The lowest BCUT2D eigenvalue weighted by atomic mass is 10.1. The highest BCUT2D eigenvalue weighted by molar-refractivity contribution is 7.14. The van der Waals surface area contributed by atoms with E-state index in [2.05, 4.69) is 4.37 Å². The van der Waals surface area contributed by atoms with Gasteiger partial charge < -0.3 is 0 Å². The molecule has 0 fully saturated rings. The van der Waals surface area contributed by atoms with Gasteiger partial charge in [0.2, 0.25) is 0 Å². The molecule has 0 aliphatic carbocycles. The van der Waals surface area contributed by atoms with Crippen molar-refractivity contribution in [3.8, 4) is 16.9 Å². The minimum atomic E-state index is -4.80. The summed E-state index contributed by atoms with van der Waals surface area (Å²) in [6.45, 7) is 1.93. The third kappa shape index (κ3) is 2.80. The van der Waals surface area contributed by atoms with Gasteiger partial charge in [-0.2, -0.15) is 17.5 Å². The average molecular weight is 423 g/mol. The van der Waals surface area contributed by atoms with Crippen molar-refractivity contribution in [1.82, 2.24) is 13.5 Å². The van der Waals surface area contributed by atoms with Crippen LogP contribution in [0.3, 0.4) is 0 Å². The molecule has 0 spiro atoms. The number of aryl methyl sites for hydroxylation is 1. The monoisotopic (exact) mass is 423 g/mol. The van der Waals surface area contributed by atoms with Crippen LogP contribution in [0.1, 0.15) is 10.6 Å². The van der Waals surface area contributed by atoms with Crippen molar-refractivity contribution in [3.05, 3.63) is 67.1 Å². The van der Waals surface area contributed by atoms with Crippen LogP contribution < -0.4 is 11.2 Å². The number of nitrogens with zero attached hydrogens (tertiary/aromatic N) is 3. The van der Waals surface area contributed by atoms with Gasteiger partial charge in [0.15, 0.2) is 0 Å². The Labute approximate surface area is 164 Å². The van der Waals surface area contributed by atoms with Crippen molar-refractivity contribution < 1.29 is 13.2 Å². The number of thiophene rings is 1. The van der Waals surface area contributed by atoms with Gasteiger partial charge in [-0.3, -0.25) is 9.36 Å². The molecular formula is C18H12F3N3O2S2. The molecule has 28 heavy (non-hydrogen) atoms. The number of aromatic nitrogens is 3. The Hall–Kier alpha value is -2.72. The predicted octanol–water partition coefficient (Wildman–Crippen LogP) is 4.20. The molecule has 0 radical (unpaired) electrons. The molecule has 10 heteroatoms. The summed E-state index contributed by atoms with van der Waals surface area (Å²) in [5, 5.41) is 2.47. The van der Waals surface area contributed by atoms with Crippen molar-refractivity contribution in [1.29, 1.82) is 0 Å². The minimum absolute atomic E-state index is 0.214. The van der Waals surface area contributed by atoms with Crippen LogP contribution in [-0.2, 0) is 13.2 Å². The third-order valence-electron chi connectivity index (χ3n) is 4.44. The maximum absolute atomic E-state index is 13.1. The van der Waals surface area contributed by atoms with E-state index in [1.54, 1.807) is 12.1 Å². The molecule has 144 valence electrons. The largest absolute Gasteiger partial charge is 0.431 e. The van der Waals surface area contributed by atoms with Gasteiger partial charge in [-0.15, -0.1) is 11.3 Å². The lowest BCUT2D eigenvalue weighted by molar-refractivity contribution is -0.144. The second-order valence-electron chi connectivity index (χ2n) is 6.11. The van der Waals surface area contributed by atoms with Crippen molar-refractivity contribution in [2.45, 2.75) is 13.1 Å². The lowest BCUT2D eigenvalue weighted by Gasteiger charge is -2.14. The molecular weight excluding hydrogens is 411 g/mol. The Morgan fingerprint density at radius 2 is 1.89 bits per heavy atom. The topological polar surface area (TPSA) is 56.9 Å². The number of fused-ring (bicyclic) bond motifs is 1. The Kier molecular flexibility index (Phi) is 4.27. The normalized spacial score (nSPS) is 12.0. The molecule has 0 unspecified atom stereocenters. The fourth-order valence-electron chi connectivity index (χ4n) is 3.09. The van der Waals surface area contributed by atoms with Crippen LogP contribution >= 0.6 is 22.9 Å². The zero-order valence-corrected chi connectivity index (χ0v) is 16.2. The summed E-state index contributed by atoms with van der Waals surface area (Å²) in [7, 11) is 0.997. The quantitative estimate of drug-likeness (QED) is 0.486. The molecule has 0 bridgehead atoms. The minimum Gasteiger partial charge on any atom is -0.292 e. The maximum Gasteiger partial charge on any atom is 0.431 e. The zero-order chi connectivity index (χ0) is 20.2. The van der Waals surface area contributed by atoms with E-state index in [0.717, 1.165) is 26.8 Å². The number of benzene rings is 1. The summed E-state index contributed by atoms with van der Waals surface area (Å²) in [4.78, 5) is 26.2. The van der Waals surface area contributed by atoms with Gasteiger partial charge in [0.1, 0.15) is 5.69 Å². The molecule has 0 N–H and O–H groups in total. The standard InChI is InChI=1S/C18H12F3N3O2S2/c1-9-10(6-7-27-9)16-15-11(4-3-5-12(15)28-22-16)24-14(25)8-13(18(19,20)21)23(2)17(24)26/h3-8H,1-2H3. The number of hydrogen-bond acceptors (Lipinski definition) is 5. The van der Waals surface area contributed by atoms with Gasteiger partial charge >= 0.3 is 11.9 Å². The molecule has 0 saturated carbocycles. The first-order valence-corrected chi connectivity index (χ1v) is 9.69. The van der Waals surface area contributed by atoms with Gasteiger partial charge in [0.25, 0.3) is 5.56 Å². The average Bonchev–Trinajstić information content (AvgIpc) is 3.23. The Morgan fingerprint density at radius 3 is 2.54 bits per heavy atom. The fraction of sp³-hybridized carbons (Fsp3) is 0.167. The molecule has 0 amide bonds. The van der Waals surface area contributed by atoms with Crippen molar-refractivity contribution in [3.63, 3.8) is 0 Å². The Morgan fingerprint density at radius 1 is 1.14 bits per heavy atom. The van der Waals surface area contributed by atoms with Crippen LogP contribution in [-0.4, -0.2) is 13.5 Å². The molecule has 0 saturated heterocycles. The molecule has 5 nitrogen and oxygen atoms in total. The summed E-state index contributed by atoms with van der Waals surface area (Å²) < 4.78 is 45.8. The number of alkyl halides is 3. The molecule has 0 aliphatic rings. The highest BCUT2D eigenvalue weighted by Crippen LogP contribution is 2.37. The lowest BCUT2D eigenvalue weighted by Crippen LogP contribution is -2.40. The molecule has 1 aromatic carbocycles. The van der Waals surface area contributed by atoms with Gasteiger partial charge in [0.05, 0.1) is 16.1 Å². The van der Waals surface area contributed by atoms with E-state index in [9.17, 15) is 22.8 Å². The summed E-state index contributed by atoms with van der Waals surface area (Å²) >= 11 is 2.74. The van der Waals surface area contributed by atoms with E-state index < -0.39 is 23.1 Å². The Balaban J connectivity index is 2.08. The highest BCUT2D eigenvalue weighted by Gasteiger charge is 2.35. The van der Waals surface area contributed by atoms with Crippen LogP contribution in [0.15, 0.2) is 45.3 Å². The smallest absolute Gasteiger partial charge is 0.292 e. The summed E-state index contributed by atoms with van der Waals surface area (Å²) in [5.41, 5.74) is -1.72. The first-order chi connectivity index (χ1) is 13.2. The maximum atomic E-state index is 13.1. The van der Waals surface area contributed by atoms with Crippen LogP contribution in [0, 0.1) is 6.92 Å². The number of rotatable bonds is 2. The molecule has 0 aliphatic heterocycles. The SMILES string of the molecule is Cc1sccc1-c1nsc2cccc(-n3c(=O)cc(C(F)(F)F)n(C)c3=O)c12. The third-order valence-corrected chi connectivity index (χ3v) is 6.10. The fourth-order valence-corrected chi connectivity index (χ4v) is 4.61. The van der Waals surface area contributed by atoms with Gasteiger partial charge in [0, 0.05) is 28.9 Å². The zero-order valence-electron chi connectivity index (χ0n) is 14.6. The van der Waals surface area contributed by atoms with E-state index in [0.29, 0.717) is 21.7 Å². The van der Waals surface area contributed by atoms with Crippen molar-refractivity contribution in [2.24, 2.45) is 7.05 Å². The van der Waals surface area contributed by atoms with Gasteiger partial charge in [-0.1, -0.05) is 6.07 Å². The summed E-state index contributed by atoms with van der Waals surface area (Å²) in [6, 6.07) is 7.30. The van der Waals surface area contributed by atoms with Gasteiger partial charge in [-0.25, -0.2) is 9.36 Å². The molecule has 0 atom stereocenters. The van der Waals surface area contributed by atoms with Crippen LogP contribution in [0.4, 0.5) is 13.2 Å². The summed E-state index contributed by atoms with van der Waals surface area (Å²) in [6.07, 6.45) is -4.80. The second-order valence-corrected chi connectivity index (χ2v) is 8.04. The highest BCUT2D eigenvalue weighted by atomic mass is 32.1.